The Morgan fingerprint density at radius 1 is 1.29 bits per heavy atom. The van der Waals surface area contributed by atoms with E-state index in [0.29, 0.717) is 12.6 Å². The van der Waals surface area contributed by atoms with Crippen molar-refractivity contribution < 1.29 is 9.59 Å². The van der Waals surface area contributed by atoms with Crippen molar-refractivity contribution in [2.75, 3.05) is 13.1 Å². The molecule has 2 saturated heterocycles. The number of rotatable bonds is 5. The van der Waals surface area contributed by atoms with Crippen LogP contribution in [0.1, 0.15) is 44.4 Å². The molecule has 5 nitrogen and oxygen atoms in total. The Morgan fingerprint density at radius 3 is 2.75 bits per heavy atom. The lowest BCUT2D eigenvalue weighted by molar-refractivity contribution is -0.131. The summed E-state index contributed by atoms with van der Waals surface area (Å²) in [6.07, 6.45) is 4.32. The van der Waals surface area contributed by atoms with Crippen LogP contribution in [-0.2, 0) is 16.1 Å². The Bertz CT molecular complexity index is 575. The third-order valence-corrected chi connectivity index (χ3v) is 6.26. The third kappa shape index (κ3) is 3.64. The summed E-state index contributed by atoms with van der Waals surface area (Å²) >= 11 is 1.66. The first kappa shape index (κ1) is 17.4. The summed E-state index contributed by atoms with van der Waals surface area (Å²) < 4.78 is 0. The van der Waals surface area contributed by atoms with Crippen LogP contribution in [0.15, 0.2) is 17.5 Å². The molecule has 2 aliphatic rings. The van der Waals surface area contributed by atoms with Gasteiger partial charge in [-0.15, -0.1) is 11.3 Å². The molecule has 6 heteroatoms. The lowest BCUT2D eigenvalue weighted by Gasteiger charge is -2.37. The average Bonchev–Trinajstić information content (AvgIpc) is 3.31. The molecular weight excluding hydrogens is 322 g/mol. The van der Waals surface area contributed by atoms with Crippen LogP contribution in [0.4, 0.5) is 0 Å². The van der Waals surface area contributed by atoms with Gasteiger partial charge in [0.2, 0.25) is 11.8 Å². The Labute approximate surface area is 148 Å². The Kier molecular flexibility index (Phi) is 5.56. The standard InChI is InChI=1S/C18H27N3O2S/c1-13(18(23)19-12-15-6-5-11-24-15)20-9-3-7-16(20)17-8-4-10-21(17)14(2)22/h5-6,11,13,16-17H,3-4,7-10,12H2,1-2H3,(H,19,23)/t13-,16-,17-/m1/s1. The molecular formula is C18H27N3O2S. The molecule has 0 radical (unpaired) electrons. The number of carbonyl (C=O) groups is 2. The number of amides is 2. The minimum absolute atomic E-state index is 0.0858. The fourth-order valence-corrected chi connectivity index (χ4v) is 4.82. The van der Waals surface area contributed by atoms with Crippen LogP contribution in [0.2, 0.25) is 0 Å². The van der Waals surface area contributed by atoms with Gasteiger partial charge in [0.1, 0.15) is 0 Å². The SMILES string of the molecule is CC(=O)N1CCC[C@@H]1[C@H]1CCCN1[C@H](C)C(=O)NCc1cccs1. The zero-order chi connectivity index (χ0) is 17.1. The van der Waals surface area contributed by atoms with E-state index in [-0.39, 0.29) is 23.9 Å². The number of nitrogens with zero attached hydrogens (tertiary/aromatic N) is 2. The quantitative estimate of drug-likeness (QED) is 0.887. The van der Waals surface area contributed by atoms with Crippen LogP contribution in [0.3, 0.4) is 0 Å². The van der Waals surface area contributed by atoms with Gasteiger partial charge in [-0.3, -0.25) is 14.5 Å². The summed E-state index contributed by atoms with van der Waals surface area (Å²) in [5.41, 5.74) is 0. The molecule has 0 aromatic carbocycles. The maximum Gasteiger partial charge on any atom is 0.237 e. The molecule has 24 heavy (non-hydrogen) atoms. The number of hydrogen-bond donors (Lipinski definition) is 1. The number of hydrogen-bond acceptors (Lipinski definition) is 4. The minimum Gasteiger partial charge on any atom is -0.350 e. The van der Waals surface area contributed by atoms with Crippen LogP contribution in [0.25, 0.3) is 0 Å². The zero-order valence-electron chi connectivity index (χ0n) is 14.5. The first-order valence-electron chi connectivity index (χ1n) is 8.91. The lowest BCUT2D eigenvalue weighted by atomic mass is 10.0. The van der Waals surface area contributed by atoms with Crippen LogP contribution in [0.5, 0.6) is 0 Å². The lowest BCUT2D eigenvalue weighted by Crippen LogP contribution is -2.53. The summed E-state index contributed by atoms with van der Waals surface area (Å²) in [7, 11) is 0. The average molecular weight is 350 g/mol. The van der Waals surface area contributed by atoms with E-state index < -0.39 is 0 Å². The van der Waals surface area contributed by atoms with E-state index in [1.54, 1.807) is 18.3 Å². The molecule has 132 valence electrons. The number of carbonyl (C=O) groups excluding carboxylic acids is 2. The highest BCUT2D eigenvalue weighted by Crippen LogP contribution is 2.31. The van der Waals surface area contributed by atoms with Gasteiger partial charge < -0.3 is 10.2 Å². The molecule has 2 fully saturated rings. The Balaban J connectivity index is 1.61. The van der Waals surface area contributed by atoms with Crippen molar-refractivity contribution in [1.82, 2.24) is 15.1 Å². The van der Waals surface area contributed by atoms with Gasteiger partial charge in [0.05, 0.1) is 12.6 Å². The molecule has 3 heterocycles. The van der Waals surface area contributed by atoms with E-state index in [9.17, 15) is 9.59 Å². The van der Waals surface area contributed by atoms with E-state index in [0.717, 1.165) is 38.8 Å². The fourth-order valence-electron chi connectivity index (χ4n) is 4.18. The summed E-state index contributed by atoms with van der Waals surface area (Å²) in [5, 5.41) is 5.08. The molecule has 3 atom stereocenters. The molecule has 0 aliphatic carbocycles. The molecule has 1 N–H and O–H groups in total. The number of nitrogens with one attached hydrogen (secondary N) is 1. The number of thiophene rings is 1. The van der Waals surface area contributed by atoms with Crippen LogP contribution in [-0.4, -0.2) is 52.8 Å². The topological polar surface area (TPSA) is 52.7 Å². The zero-order valence-corrected chi connectivity index (χ0v) is 15.3. The Morgan fingerprint density at radius 2 is 2.04 bits per heavy atom. The summed E-state index contributed by atoms with van der Waals surface area (Å²) in [6, 6.07) is 4.49. The normalized spacial score (nSPS) is 25.8. The summed E-state index contributed by atoms with van der Waals surface area (Å²) in [6.45, 7) is 6.07. The van der Waals surface area contributed by atoms with Crippen molar-refractivity contribution in [2.45, 2.75) is 64.2 Å². The van der Waals surface area contributed by atoms with Gasteiger partial charge in [-0.25, -0.2) is 0 Å². The number of likely N-dealkylation sites (tertiary alicyclic amines) is 2. The van der Waals surface area contributed by atoms with Crippen LogP contribution < -0.4 is 5.32 Å². The van der Waals surface area contributed by atoms with Gasteiger partial charge in [-0.2, -0.15) is 0 Å². The highest BCUT2D eigenvalue weighted by molar-refractivity contribution is 7.09. The second kappa shape index (κ2) is 7.66. The second-order valence-corrected chi connectivity index (χ2v) is 7.87. The van der Waals surface area contributed by atoms with Gasteiger partial charge in [-0.05, 0) is 50.6 Å². The van der Waals surface area contributed by atoms with E-state index >= 15 is 0 Å². The fraction of sp³-hybridized carbons (Fsp3) is 0.667. The summed E-state index contributed by atoms with van der Waals surface area (Å²) in [5.74, 6) is 0.252. The Hall–Kier alpha value is -1.40. The van der Waals surface area contributed by atoms with Crippen LogP contribution in [0, 0.1) is 0 Å². The van der Waals surface area contributed by atoms with E-state index in [4.69, 9.17) is 0 Å². The maximum absolute atomic E-state index is 12.6. The van der Waals surface area contributed by atoms with Crippen LogP contribution >= 0.6 is 11.3 Å². The molecule has 3 rings (SSSR count). The molecule has 0 spiro atoms. The van der Waals surface area contributed by atoms with Crippen molar-refractivity contribution in [3.63, 3.8) is 0 Å². The van der Waals surface area contributed by atoms with Gasteiger partial charge in [-0.1, -0.05) is 6.07 Å². The highest BCUT2D eigenvalue weighted by atomic mass is 32.1. The van der Waals surface area contributed by atoms with E-state index in [2.05, 4.69) is 10.2 Å². The van der Waals surface area contributed by atoms with E-state index in [1.165, 1.54) is 4.88 Å². The van der Waals surface area contributed by atoms with Gasteiger partial charge in [0.25, 0.3) is 0 Å². The third-order valence-electron chi connectivity index (χ3n) is 5.38. The molecule has 1 aromatic rings. The summed E-state index contributed by atoms with van der Waals surface area (Å²) in [4.78, 5) is 30.0. The van der Waals surface area contributed by atoms with Crippen molar-refractivity contribution >= 4 is 23.2 Å². The minimum atomic E-state index is -0.146. The second-order valence-electron chi connectivity index (χ2n) is 6.84. The monoisotopic (exact) mass is 349 g/mol. The van der Waals surface area contributed by atoms with Crippen molar-refractivity contribution in [3.05, 3.63) is 22.4 Å². The molecule has 0 saturated carbocycles. The highest BCUT2D eigenvalue weighted by Gasteiger charge is 2.41. The first-order chi connectivity index (χ1) is 11.6. The maximum atomic E-state index is 12.6. The predicted molar refractivity (Wildman–Crippen MR) is 95.8 cm³/mol. The molecule has 1 aromatic heterocycles. The van der Waals surface area contributed by atoms with Gasteiger partial charge in [0, 0.05) is 30.4 Å². The molecule has 0 bridgehead atoms. The molecule has 2 aliphatic heterocycles. The first-order valence-corrected chi connectivity index (χ1v) is 9.79. The smallest absolute Gasteiger partial charge is 0.237 e. The van der Waals surface area contributed by atoms with Crippen molar-refractivity contribution in [2.24, 2.45) is 0 Å². The van der Waals surface area contributed by atoms with Crippen molar-refractivity contribution in [1.29, 1.82) is 0 Å². The van der Waals surface area contributed by atoms with Gasteiger partial charge >= 0.3 is 0 Å². The predicted octanol–water partition coefficient (Wildman–Crippen LogP) is 2.23. The van der Waals surface area contributed by atoms with E-state index in [1.807, 2.05) is 29.3 Å². The van der Waals surface area contributed by atoms with Crippen molar-refractivity contribution in [3.8, 4) is 0 Å². The molecule has 2 amide bonds. The largest absolute Gasteiger partial charge is 0.350 e. The van der Waals surface area contributed by atoms with Gasteiger partial charge in [0.15, 0.2) is 0 Å². The molecule has 0 unspecified atom stereocenters.